The van der Waals surface area contributed by atoms with Crippen molar-refractivity contribution in [1.29, 1.82) is 10.8 Å². The molecule has 11 nitrogen and oxygen atoms in total. The monoisotopic (exact) mass is 543 g/mol. The zero-order valence-corrected chi connectivity index (χ0v) is 22.2. The van der Waals surface area contributed by atoms with Gasteiger partial charge >= 0.3 is 5.97 Å². The Morgan fingerprint density at radius 2 is 1.89 bits per heavy atom. The summed E-state index contributed by atoms with van der Waals surface area (Å²) in [5.74, 6) is -1.34. The van der Waals surface area contributed by atoms with Crippen LogP contribution < -0.4 is 19.5 Å². The summed E-state index contributed by atoms with van der Waals surface area (Å²) in [6.07, 6.45) is 4.65. The Kier molecular flexibility index (Phi) is 9.35. The van der Waals surface area contributed by atoms with E-state index in [1.807, 2.05) is 4.90 Å². The molecule has 0 spiro atoms. The number of aliphatic carboxylic acids is 1. The minimum atomic E-state index is -4.22. The molecule has 0 atom stereocenters. The molecule has 1 heterocycles. The molecule has 2 aromatic carbocycles. The number of hydrogen-bond acceptors (Lipinski definition) is 7. The maximum Gasteiger partial charge on any atom is 0.320 e. The number of sulfonamides is 1. The van der Waals surface area contributed by atoms with Gasteiger partial charge in [0.1, 0.15) is 11.9 Å². The van der Waals surface area contributed by atoms with Crippen LogP contribution in [-0.4, -0.2) is 74.7 Å². The number of carboxylic acid groups (broad SMARTS) is 1. The zero-order valence-electron chi connectivity index (χ0n) is 21.4. The number of rotatable bonds is 11. The molecule has 38 heavy (non-hydrogen) atoms. The van der Waals surface area contributed by atoms with Crippen molar-refractivity contribution in [3.63, 3.8) is 0 Å². The van der Waals surface area contributed by atoms with Crippen molar-refractivity contribution < 1.29 is 27.8 Å². The molecule has 0 amide bonds. The fraction of sp³-hybridized carbons (Fsp3) is 0.346. The van der Waals surface area contributed by atoms with Crippen molar-refractivity contribution in [2.45, 2.75) is 25.9 Å². The van der Waals surface area contributed by atoms with Crippen molar-refractivity contribution in [2.75, 3.05) is 36.8 Å². The largest absolute Gasteiger partial charge is 0.493 e. The number of benzene rings is 2. The van der Waals surface area contributed by atoms with E-state index in [9.17, 15) is 18.3 Å². The van der Waals surface area contributed by atoms with Gasteiger partial charge in [0.2, 0.25) is 10.0 Å². The lowest BCUT2D eigenvalue weighted by Gasteiger charge is -2.33. The first kappa shape index (κ1) is 28.5. The van der Waals surface area contributed by atoms with E-state index in [0.29, 0.717) is 41.6 Å². The summed E-state index contributed by atoms with van der Waals surface area (Å²) in [5, 5.41) is 24.5. The summed E-state index contributed by atoms with van der Waals surface area (Å²) in [7, 11) is -2.77. The summed E-state index contributed by atoms with van der Waals surface area (Å²) in [6, 6.07) is 11.6. The molecule has 1 aliphatic heterocycles. The molecule has 0 bridgehead atoms. The normalized spacial score (nSPS) is 14.3. The first-order valence-corrected chi connectivity index (χ1v) is 13.6. The summed E-state index contributed by atoms with van der Waals surface area (Å²) in [4.78, 5) is 13.3. The predicted molar refractivity (Wildman–Crippen MR) is 147 cm³/mol. The highest BCUT2D eigenvalue weighted by atomic mass is 32.2. The first-order chi connectivity index (χ1) is 18.0. The van der Waals surface area contributed by atoms with Crippen LogP contribution in [0.5, 0.6) is 11.5 Å². The number of methoxy groups -OCH3 is 1. The fourth-order valence-corrected chi connectivity index (χ4v) is 5.32. The number of anilines is 1. The Labute approximate surface area is 222 Å². The van der Waals surface area contributed by atoms with E-state index in [1.54, 1.807) is 55.5 Å². The molecule has 5 N–H and O–H groups in total. The average Bonchev–Trinajstić information content (AvgIpc) is 2.86. The molecule has 0 unspecified atom stereocenters. The van der Waals surface area contributed by atoms with E-state index in [4.69, 9.17) is 26.0 Å². The lowest BCUT2D eigenvalue weighted by atomic mass is 10.1. The van der Waals surface area contributed by atoms with Gasteiger partial charge in [0.15, 0.2) is 17.3 Å². The van der Waals surface area contributed by atoms with Gasteiger partial charge in [-0.15, -0.1) is 0 Å². The van der Waals surface area contributed by atoms with E-state index in [0.717, 1.165) is 17.1 Å². The second-order valence-corrected chi connectivity index (χ2v) is 10.7. The number of hydrogen-bond donors (Lipinski definition) is 4. The molecular formula is C26H33N5O6S. The van der Waals surface area contributed by atoms with Gasteiger partial charge in [0.05, 0.1) is 25.2 Å². The van der Waals surface area contributed by atoms with E-state index in [-0.39, 0.29) is 24.2 Å². The molecule has 0 radical (unpaired) electrons. The number of nitrogens with two attached hydrogens (primary N) is 1. The topological polar surface area (TPSA) is 170 Å². The maximum absolute atomic E-state index is 13.0. The van der Waals surface area contributed by atoms with E-state index in [2.05, 4.69) is 0 Å². The Morgan fingerprint density at radius 1 is 1.18 bits per heavy atom. The number of piperidine rings is 1. The van der Waals surface area contributed by atoms with Crippen molar-refractivity contribution in [3.05, 3.63) is 59.7 Å². The van der Waals surface area contributed by atoms with Crippen LogP contribution in [0.4, 0.5) is 5.69 Å². The van der Waals surface area contributed by atoms with Crippen LogP contribution in [0.15, 0.2) is 48.5 Å². The first-order valence-electron chi connectivity index (χ1n) is 12.0. The Morgan fingerprint density at radius 3 is 2.50 bits per heavy atom. The summed E-state index contributed by atoms with van der Waals surface area (Å²) >= 11 is 0. The second kappa shape index (κ2) is 12.5. The van der Waals surface area contributed by atoms with Gasteiger partial charge in [-0.3, -0.25) is 19.9 Å². The molecule has 2 aromatic rings. The molecule has 1 fully saturated rings. The average molecular weight is 544 g/mol. The van der Waals surface area contributed by atoms with E-state index in [1.165, 1.54) is 13.2 Å². The van der Waals surface area contributed by atoms with Crippen LogP contribution in [0.3, 0.4) is 0 Å². The number of carboxylic acids is 1. The molecule has 0 aliphatic carbocycles. The number of likely N-dealkylation sites (tertiary alicyclic amines) is 1. The molecule has 0 aromatic heterocycles. The standard InChI is InChI=1S/C26H33N5O6S/c1-18(27)30-13-10-22(11-14-30)37-23-9-8-21(16-24(23)36-2)31(38(34,35)17-25(32)33)12-4-6-19-5-3-7-20(15-19)26(28)29/h3-9,15-16,22,27H,10-14,17H2,1-2H3,(H3,28,29)(H,32,33). The SMILES string of the molecule is COc1cc(N(CC=Cc2cccc(C(=N)N)c2)S(=O)(=O)CC(=O)O)ccc1OC1CCN(C(C)=N)CC1. The fourth-order valence-electron chi connectivity index (χ4n) is 4.11. The number of nitrogen functional groups attached to an aromatic ring is 1. The third-order valence-electron chi connectivity index (χ3n) is 6.07. The number of carbonyl (C=O) groups is 1. The van der Waals surface area contributed by atoms with Gasteiger partial charge in [-0.25, -0.2) is 8.42 Å². The number of nitrogens with one attached hydrogen (secondary N) is 2. The Hall–Kier alpha value is -4.06. The van der Waals surface area contributed by atoms with Gasteiger partial charge in [-0.1, -0.05) is 30.4 Å². The molecule has 1 saturated heterocycles. The number of amidine groups is 2. The predicted octanol–water partition coefficient (Wildman–Crippen LogP) is 2.75. The van der Waals surface area contributed by atoms with Gasteiger partial charge < -0.3 is 25.2 Å². The lowest BCUT2D eigenvalue weighted by Crippen LogP contribution is -2.40. The van der Waals surface area contributed by atoms with Crippen LogP contribution in [0.1, 0.15) is 30.9 Å². The maximum atomic E-state index is 13.0. The third kappa shape index (κ3) is 7.48. The Balaban J connectivity index is 1.84. The van der Waals surface area contributed by atoms with Crippen molar-refractivity contribution in [2.24, 2.45) is 5.73 Å². The second-order valence-electron chi connectivity index (χ2n) is 8.85. The van der Waals surface area contributed by atoms with Crippen LogP contribution in [0.25, 0.3) is 6.08 Å². The minimum Gasteiger partial charge on any atom is -0.493 e. The number of nitrogens with zero attached hydrogens (tertiary/aromatic N) is 2. The van der Waals surface area contributed by atoms with Crippen LogP contribution in [0, 0.1) is 10.8 Å². The van der Waals surface area contributed by atoms with Gasteiger partial charge in [0, 0.05) is 37.6 Å². The quantitative estimate of drug-likeness (QED) is 0.248. The number of ether oxygens (including phenoxy) is 2. The van der Waals surface area contributed by atoms with E-state index < -0.39 is 21.7 Å². The highest BCUT2D eigenvalue weighted by Gasteiger charge is 2.27. The molecule has 3 rings (SSSR count). The van der Waals surface area contributed by atoms with Gasteiger partial charge in [0.25, 0.3) is 0 Å². The highest BCUT2D eigenvalue weighted by molar-refractivity contribution is 7.93. The highest BCUT2D eigenvalue weighted by Crippen LogP contribution is 2.34. The van der Waals surface area contributed by atoms with Gasteiger partial charge in [-0.2, -0.15) is 0 Å². The third-order valence-corrected chi connectivity index (χ3v) is 7.71. The Bertz CT molecular complexity index is 1320. The van der Waals surface area contributed by atoms with Crippen molar-refractivity contribution >= 4 is 39.4 Å². The van der Waals surface area contributed by atoms with E-state index >= 15 is 0 Å². The van der Waals surface area contributed by atoms with Gasteiger partial charge in [-0.05, 0) is 30.7 Å². The summed E-state index contributed by atoms with van der Waals surface area (Å²) in [6.45, 7) is 3.04. The lowest BCUT2D eigenvalue weighted by molar-refractivity contribution is -0.134. The minimum absolute atomic E-state index is 0.0779. The van der Waals surface area contributed by atoms with Crippen LogP contribution in [0.2, 0.25) is 0 Å². The van der Waals surface area contributed by atoms with Crippen LogP contribution >= 0.6 is 0 Å². The summed E-state index contributed by atoms with van der Waals surface area (Å²) < 4.78 is 38.6. The smallest absolute Gasteiger partial charge is 0.320 e. The molecule has 1 aliphatic rings. The van der Waals surface area contributed by atoms with Crippen molar-refractivity contribution in [3.8, 4) is 11.5 Å². The zero-order chi connectivity index (χ0) is 27.9. The molecule has 12 heteroatoms. The molecular weight excluding hydrogens is 510 g/mol. The molecule has 0 saturated carbocycles. The summed E-state index contributed by atoms with van der Waals surface area (Å²) in [5.41, 5.74) is 7.00. The van der Waals surface area contributed by atoms with Crippen LogP contribution in [-0.2, 0) is 14.8 Å². The molecule has 204 valence electrons. The van der Waals surface area contributed by atoms with Crippen molar-refractivity contribution in [1.82, 2.24) is 4.90 Å².